The third-order valence-corrected chi connectivity index (χ3v) is 5.78. The Hall–Kier alpha value is -0.830. The van der Waals surface area contributed by atoms with Gasteiger partial charge >= 0.3 is 0 Å². The van der Waals surface area contributed by atoms with Gasteiger partial charge in [-0.05, 0) is 76.3 Å². The van der Waals surface area contributed by atoms with Crippen LogP contribution in [0, 0.1) is 25.7 Å². The van der Waals surface area contributed by atoms with E-state index >= 15 is 0 Å². The minimum Gasteiger partial charge on any atom is -0.314 e. The molecule has 3 rings (SSSR count). The Bertz CT molecular complexity index is 487. The van der Waals surface area contributed by atoms with Crippen LogP contribution in [0.1, 0.15) is 68.9 Å². The molecule has 1 aromatic rings. The third kappa shape index (κ3) is 3.33. The van der Waals surface area contributed by atoms with Crippen LogP contribution >= 0.6 is 0 Å². The maximum Gasteiger partial charge on any atom is 0.0629 e. The first-order valence-electron chi connectivity index (χ1n) is 8.84. The average Bonchev–Trinajstić information content (AvgIpc) is 3.23. The van der Waals surface area contributed by atoms with Crippen LogP contribution in [-0.4, -0.2) is 22.4 Å². The van der Waals surface area contributed by atoms with Crippen molar-refractivity contribution in [1.29, 1.82) is 0 Å². The summed E-state index contributed by atoms with van der Waals surface area (Å²) in [6, 6.07) is 1.43. The number of aryl methyl sites for hydroxylation is 1. The molecule has 0 aliphatic heterocycles. The fourth-order valence-corrected chi connectivity index (χ4v) is 3.84. The quantitative estimate of drug-likeness (QED) is 0.893. The van der Waals surface area contributed by atoms with E-state index in [0.717, 1.165) is 30.8 Å². The number of rotatable bonds is 5. The summed E-state index contributed by atoms with van der Waals surface area (Å²) in [5.74, 6) is 1.70. The van der Waals surface area contributed by atoms with E-state index in [1.54, 1.807) is 0 Å². The van der Waals surface area contributed by atoms with Crippen molar-refractivity contribution in [2.75, 3.05) is 6.54 Å². The number of hydrogen-bond acceptors (Lipinski definition) is 2. The Morgan fingerprint density at radius 1 is 1.10 bits per heavy atom. The average molecular weight is 289 g/mol. The lowest BCUT2D eigenvalue weighted by Gasteiger charge is -2.32. The highest BCUT2D eigenvalue weighted by atomic mass is 15.3. The minimum atomic E-state index is 0.625. The van der Waals surface area contributed by atoms with Gasteiger partial charge in [0.2, 0.25) is 0 Å². The summed E-state index contributed by atoms with van der Waals surface area (Å²) in [6.07, 6.45) is 7.82. The fourth-order valence-electron chi connectivity index (χ4n) is 3.84. The first kappa shape index (κ1) is 15.1. The second-order valence-electron chi connectivity index (χ2n) is 7.49. The summed E-state index contributed by atoms with van der Waals surface area (Å²) in [5, 5.41) is 8.52. The van der Waals surface area contributed by atoms with Gasteiger partial charge in [-0.25, -0.2) is 0 Å². The third-order valence-electron chi connectivity index (χ3n) is 5.78. The SMILES string of the molecule is Cc1nn(C2CCC(C)C(C)C2)c(C)c1CCNC1CC1. The topological polar surface area (TPSA) is 29.9 Å². The zero-order valence-corrected chi connectivity index (χ0v) is 14.2. The molecule has 118 valence electrons. The van der Waals surface area contributed by atoms with E-state index in [2.05, 4.69) is 37.7 Å². The largest absolute Gasteiger partial charge is 0.314 e. The van der Waals surface area contributed by atoms with Gasteiger partial charge in [0.15, 0.2) is 0 Å². The van der Waals surface area contributed by atoms with E-state index in [9.17, 15) is 0 Å². The van der Waals surface area contributed by atoms with E-state index in [-0.39, 0.29) is 0 Å². The molecule has 3 heteroatoms. The van der Waals surface area contributed by atoms with Gasteiger partial charge in [0.25, 0.3) is 0 Å². The first-order chi connectivity index (χ1) is 10.1. The molecule has 0 bridgehead atoms. The van der Waals surface area contributed by atoms with Crippen LogP contribution in [0.2, 0.25) is 0 Å². The van der Waals surface area contributed by atoms with Crippen molar-refractivity contribution in [2.24, 2.45) is 11.8 Å². The maximum absolute atomic E-state index is 4.90. The Morgan fingerprint density at radius 2 is 1.86 bits per heavy atom. The summed E-state index contributed by atoms with van der Waals surface area (Å²) in [4.78, 5) is 0. The van der Waals surface area contributed by atoms with Crippen LogP contribution in [-0.2, 0) is 6.42 Å². The predicted molar refractivity (Wildman–Crippen MR) is 87.6 cm³/mol. The standard InChI is InChI=1S/C18H31N3/c1-12-5-8-17(11-13(12)2)21-15(4)18(14(3)20-21)9-10-19-16-6-7-16/h12-13,16-17,19H,5-11H2,1-4H3. The molecule has 0 aromatic carbocycles. The van der Waals surface area contributed by atoms with Gasteiger partial charge < -0.3 is 5.32 Å². The van der Waals surface area contributed by atoms with Gasteiger partial charge in [-0.2, -0.15) is 5.10 Å². The Balaban J connectivity index is 1.67. The van der Waals surface area contributed by atoms with Crippen molar-refractivity contribution < 1.29 is 0 Å². The molecule has 0 saturated heterocycles. The molecule has 1 N–H and O–H groups in total. The van der Waals surface area contributed by atoms with Crippen LogP contribution < -0.4 is 5.32 Å². The van der Waals surface area contributed by atoms with Crippen molar-refractivity contribution in [2.45, 2.75) is 78.3 Å². The molecule has 2 aliphatic carbocycles. The number of nitrogens with one attached hydrogen (secondary N) is 1. The van der Waals surface area contributed by atoms with Crippen LogP contribution in [0.4, 0.5) is 0 Å². The lowest BCUT2D eigenvalue weighted by molar-refractivity contribution is 0.198. The Morgan fingerprint density at radius 3 is 2.52 bits per heavy atom. The molecule has 2 saturated carbocycles. The second-order valence-corrected chi connectivity index (χ2v) is 7.49. The van der Waals surface area contributed by atoms with Crippen molar-refractivity contribution in [1.82, 2.24) is 15.1 Å². The van der Waals surface area contributed by atoms with Crippen LogP contribution in [0.15, 0.2) is 0 Å². The highest BCUT2D eigenvalue weighted by Gasteiger charge is 2.28. The van der Waals surface area contributed by atoms with Crippen LogP contribution in [0.3, 0.4) is 0 Å². The molecule has 2 fully saturated rings. The first-order valence-corrected chi connectivity index (χ1v) is 8.84. The molecule has 3 unspecified atom stereocenters. The lowest BCUT2D eigenvalue weighted by Crippen LogP contribution is -2.25. The van der Waals surface area contributed by atoms with Crippen LogP contribution in [0.5, 0.6) is 0 Å². The van der Waals surface area contributed by atoms with E-state index in [0.29, 0.717) is 6.04 Å². The highest BCUT2D eigenvalue weighted by Crippen LogP contribution is 2.37. The lowest BCUT2D eigenvalue weighted by atomic mass is 9.79. The molecule has 0 spiro atoms. The molecular weight excluding hydrogens is 258 g/mol. The van der Waals surface area contributed by atoms with Crippen molar-refractivity contribution in [3.8, 4) is 0 Å². The summed E-state index contributed by atoms with van der Waals surface area (Å²) in [6.45, 7) is 10.4. The van der Waals surface area contributed by atoms with Gasteiger partial charge in [0.05, 0.1) is 11.7 Å². The zero-order chi connectivity index (χ0) is 15.0. The minimum absolute atomic E-state index is 0.625. The summed E-state index contributed by atoms with van der Waals surface area (Å²) >= 11 is 0. The predicted octanol–water partition coefficient (Wildman–Crippen LogP) is 3.79. The molecule has 0 radical (unpaired) electrons. The summed E-state index contributed by atoms with van der Waals surface area (Å²) in [7, 11) is 0. The van der Waals surface area contributed by atoms with Gasteiger partial charge in [-0.15, -0.1) is 0 Å². The van der Waals surface area contributed by atoms with E-state index < -0.39 is 0 Å². The highest BCUT2D eigenvalue weighted by molar-refractivity contribution is 5.25. The van der Waals surface area contributed by atoms with Crippen molar-refractivity contribution in [3.05, 3.63) is 17.0 Å². The molecular formula is C18H31N3. The normalized spacial score (nSPS) is 29.8. The number of hydrogen-bond donors (Lipinski definition) is 1. The molecule has 0 amide bonds. The Labute approximate surface area is 129 Å². The monoisotopic (exact) mass is 289 g/mol. The molecule has 3 atom stereocenters. The van der Waals surface area contributed by atoms with Gasteiger partial charge in [-0.1, -0.05) is 13.8 Å². The molecule has 1 heterocycles. The van der Waals surface area contributed by atoms with Crippen LogP contribution in [0.25, 0.3) is 0 Å². The Kier molecular flexibility index (Phi) is 4.39. The van der Waals surface area contributed by atoms with Crippen molar-refractivity contribution in [3.63, 3.8) is 0 Å². The summed E-state index contributed by atoms with van der Waals surface area (Å²) in [5.41, 5.74) is 4.14. The second kappa shape index (κ2) is 6.12. The van der Waals surface area contributed by atoms with Gasteiger partial charge in [0, 0.05) is 11.7 Å². The molecule has 3 nitrogen and oxygen atoms in total. The van der Waals surface area contributed by atoms with E-state index in [1.165, 1.54) is 49.1 Å². The summed E-state index contributed by atoms with van der Waals surface area (Å²) < 4.78 is 2.35. The molecule has 1 aromatic heterocycles. The maximum atomic E-state index is 4.90. The fraction of sp³-hybridized carbons (Fsp3) is 0.833. The zero-order valence-electron chi connectivity index (χ0n) is 14.2. The number of aromatic nitrogens is 2. The smallest absolute Gasteiger partial charge is 0.0629 e. The molecule has 2 aliphatic rings. The number of nitrogens with zero attached hydrogens (tertiary/aromatic N) is 2. The molecule has 21 heavy (non-hydrogen) atoms. The van der Waals surface area contributed by atoms with Crippen molar-refractivity contribution >= 4 is 0 Å². The van der Waals surface area contributed by atoms with E-state index in [4.69, 9.17) is 5.10 Å². The van der Waals surface area contributed by atoms with Gasteiger partial charge in [0.1, 0.15) is 0 Å². The van der Waals surface area contributed by atoms with Gasteiger partial charge in [-0.3, -0.25) is 4.68 Å². The van der Waals surface area contributed by atoms with E-state index in [1.807, 2.05) is 0 Å².